The molecule has 0 saturated carbocycles. The standard InChI is InChI=1S/C14H22N2O/c15-13-7-3-4-8-14(13)17-12-11-16-9-5-1-2-6-10-16/h3-4,7-8H,1-2,5-6,9-12,15H2/p+1. The quantitative estimate of drug-likeness (QED) is 0.767. The number of nitrogens with two attached hydrogens (primary N) is 1. The Balaban J connectivity index is 1.73. The molecule has 3 N–H and O–H groups in total. The van der Waals surface area contributed by atoms with Gasteiger partial charge in [-0.2, -0.15) is 0 Å². The highest BCUT2D eigenvalue weighted by molar-refractivity contribution is 5.51. The van der Waals surface area contributed by atoms with E-state index in [1.807, 2.05) is 24.3 Å². The van der Waals surface area contributed by atoms with Gasteiger partial charge in [0.1, 0.15) is 18.9 Å². The second kappa shape index (κ2) is 6.50. The van der Waals surface area contributed by atoms with E-state index >= 15 is 0 Å². The minimum Gasteiger partial charge on any atom is -0.486 e. The van der Waals surface area contributed by atoms with Crippen molar-refractivity contribution < 1.29 is 9.64 Å². The van der Waals surface area contributed by atoms with Gasteiger partial charge in [0.2, 0.25) is 0 Å². The smallest absolute Gasteiger partial charge is 0.142 e. The van der Waals surface area contributed by atoms with Crippen LogP contribution in [0.1, 0.15) is 25.7 Å². The second-order valence-corrected chi connectivity index (χ2v) is 4.80. The van der Waals surface area contributed by atoms with Gasteiger partial charge in [-0.15, -0.1) is 0 Å². The second-order valence-electron chi connectivity index (χ2n) is 4.80. The number of anilines is 1. The summed E-state index contributed by atoms with van der Waals surface area (Å²) in [4.78, 5) is 1.68. The summed E-state index contributed by atoms with van der Waals surface area (Å²) >= 11 is 0. The van der Waals surface area contributed by atoms with Gasteiger partial charge >= 0.3 is 0 Å². The van der Waals surface area contributed by atoms with E-state index in [9.17, 15) is 0 Å². The molecule has 1 aromatic carbocycles. The number of likely N-dealkylation sites (tertiary alicyclic amines) is 1. The molecule has 0 bridgehead atoms. The van der Waals surface area contributed by atoms with Crippen LogP contribution in [0.5, 0.6) is 5.75 Å². The lowest BCUT2D eigenvalue weighted by atomic mass is 10.2. The molecule has 1 heterocycles. The van der Waals surface area contributed by atoms with Crippen LogP contribution in [0.3, 0.4) is 0 Å². The fourth-order valence-corrected chi connectivity index (χ4v) is 2.40. The van der Waals surface area contributed by atoms with Crippen molar-refractivity contribution in [3.05, 3.63) is 24.3 Å². The van der Waals surface area contributed by atoms with Gasteiger partial charge in [0.15, 0.2) is 0 Å². The Labute approximate surface area is 104 Å². The molecule has 3 heteroatoms. The zero-order valence-electron chi connectivity index (χ0n) is 10.5. The lowest BCUT2D eigenvalue weighted by molar-refractivity contribution is -0.899. The molecule has 0 atom stereocenters. The number of benzene rings is 1. The molecule has 17 heavy (non-hydrogen) atoms. The average Bonchev–Trinajstić information content (AvgIpc) is 2.60. The summed E-state index contributed by atoms with van der Waals surface area (Å²) in [6.07, 6.45) is 5.53. The van der Waals surface area contributed by atoms with Crippen molar-refractivity contribution in [2.75, 3.05) is 32.0 Å². The van der Waals surface area contributed by atoms with Crippen molar-refractivity contribution in [1.82, 2.24) is 0 Å². The van der Waals surface area contributed by atoms with E-state index < -0.39 is 0 Å². The first-order valence-electron chi connectivity index (χ1n) is 6.67. The van der Waals surface area contributed by atoms with Gasteiger partial charge in [-0.25, -0.2) is 0 Å². The molecule has 1 aliphatic rings. The fourth-order valence-electron chi connectivity index (χ4n) is 2.40. The predicted molar refractivity (Wildman–Crippen MR) is 70.4 cm³/mol. The highest BCUT2D eigenvalue weighted by Crippen LogP contribution is 2.19. The van der Waals surface area contributed by atoms with Gasteiger partial charge in [-0.05, 0) is 37.8 Å². The number of nitrogens with one attached hydrogen (secondary N) is 1. The van der Waals surface area contributed by atoms with Crippen molar-refractivity contribution in [2.24, 2.45) is 0 Å². The van der Waals surface area contributed by atoms with Crippen molar-refractivity contribution in [2.45, 2.75) is 25.7 Å². The van der Waals surface area contributed by atoms with E-state index in [0.717, 1.165) is 24.6 Å². The van der Waals surface area contributed by atoms with E-state index in [0.29, 0.717) is 0 Å². The van der Waals surface area contributed by atoms with E-state index in [1.165, 1.54) is 38.8 Å². The van der Waals surface area contributed by atoms with Gasteiger partial charge < -0.3 is 15.4 Å². The molecular weight excluding hydrogens is 212 g/mol. The molecule has 0 spiro atoms. The maximum absolute atomic E-state index is 5.83. The number of nitrogen functional groups attached to an aromatic ring is 1. The van der Waals surface area contributed by atoms with Crippen LogP contribution >= 0.6 is 0 Å². The molecule has 0 radical (unpaired) electrons. The van der Waals surface area contributed by atoms with E-state index in [2.05, 4.69) is 0 Å². The number of ether oxygens (including phenoxy) is 1. The molecule has 1 aliphatic heterocycles. The third-order valence-corrected chi connectivity index (χ3v) is 3.44. The molecule has 0 aromatic heterocycles. The summed E-state index contributed by atoms with van der Waals surface area (Å²) in [5, 5.41) is 0. The predicted octanol–water partition coefficient (Wildman–Crippen LogP) is 1.11. The SMILES string of the molecule is Nc1ccccc1OCC[NH+]1CCCCCC1. The molecule has 94 valence electrons. The van der Waals surface area contributed by atoms with Gasteiger partial charge in [0, 0.05) is 0 Å². The molecule has 1 fully saturated rings. The zero-order chi connectivity index (χ0) is 11.9. The Morgan fingerprint density at radius 1 is 1.06 bits per heavy atom. The van der Waals surface area contributed by atoms with Crippen LogP contribution in [-0.4, -0.2) is 26.2 Å². The van der Waals surface area contributed by atoms with Gasteiger partial charge in [0.25, 0.3) is 0 Å². The number of hydrogen-bond donors (Lipinski definition) is 2. The van der Waals surface area contributed by atoms with E-state index in [1.54, 1.807) is 4.90 Å². The first-order chi connectivity index (χ1) is 8.36. The maximum atomic E-state index is 5.83. The number of rotatable bonds is 4. The largest absolute Gasteiger partial charge is 0.486 e. The highest BCUT2D eigenvalue weighted by Gasteiger charge is 2.11. The van der Waals surface area contributed by atoms with Gasteiger partial charge in [0.05, 0.1) is 18.8 Å². The Hall–Kier alpha value is -1.22. The Bertz CT molecular complexity index is 333. The summed E-state index contributed by atoms with van der Waals surface area (Å²) < 4.78 is 5.73. The monoisotopic (exact) mass is 235 g/mol. The van der Waals surface area contributed by atoms with Crippen molar-refractivity contribution in [1.29, 1.82) is 0 Å². The Kier molecular flexibility index (Phi) is 4.68. The lowest BCUT2D eigenvalue weighted by Crippen LogP contribution is -3.12. The lowest BCUT2D eigenvalue weighted by Gasteiger charge is -2.17. The summed E-state index contributed by atoms with van der Waals surface area (Å²) in [6, 6.07) is 7.72. The molecule has 0 aliphatic carbocycles. The number of hydrogen-bond acceptors (Lipinski definition) is 2. The van der Waals surface area contributed by atoms with Crippen LogP contribution in [0.25, 0.3) is 0 Å². The first kappa shape index (κ1) is 12.2. The van der Waals surface area contributed by atoms with Crippen LogP contribution in [0, 0.1) is 0 Å². The number of quaternary nitrogens is 1. The van der Waals surface area contributed by atoms with E-state index in [4.69, 9.17) is 10.5 Å². The fraction of sp³-hybridized carbons (Fsp3) is 0.571. The third-order valence-electron chi connectivity index (χ3n) is 3.44. The topological polar surface area (TPSA) is 39.7 Å². The molecular formula is C14H23N2O+. The average molecular weight is 235 g/mol. The highest BCUT2D eigenvalue weighted by atomic mass is 16.5. The normalized spacial score (nSPS) is 17.6. The maximum Gasteiger partial charge on any atom is 0.142 e. The summed E-state index contributed by atoms with van der Waals surface area (Å²) in [7, 11) is 0. The van der Waals surface area contributed by atoms with Crippen LogP contribution in [0.15, 0.2) is 24.3 Å². The van der Waals surface area contributed by atoms with Gasteiger partial charge in [-0.3, -0.25) is 0 Å². The minimum absolute atomic E-state index is 0.735. The van der Waals surface area contributed by atoms with Crippen molar-refractivity contribution in [3.63, 3.8) is 0 Å². The molecule has 3 nitrogen and oxygen atoms in total. The first-order valence-corrected chi connectivity index (χ1v) is 6.67. The van der Waals surface area contributed by atoms with Crippen molar-refractivity contribution in [3.8, 4) is 5.75 Å². The van der Waals surface area contributed by atoms with Crippen LogP contribution in [0.2, 0.25) is 0 Å². The summed E-state index contributed by atoms with van der Waals surface area (Å²) in [5.74, 6) is 0.821. The molecule has 0 amide bonds. The zero-order valence-corrected chi connectivity index (χ0v) is 10.5. The third kappa shape index (κ3) is 3.93. The Morgan fingerprint density at radius 3 is 2.47 bits per heavy atom. The van der Waals surface area contributed by atoms with E-state index in [-0.39, 0.29) is 0 Å². The molecule has 0 unspecified atom stereocenters. The minimum atomic E-state index is 0.735. The van der Waals surface area contributed by atoms with Crippen molar-refractivity contribution >= 4 is 5.69 Å². The molecule has 2 rings (SSSR count). The van der Waals surface area contributed by atoms with Crippen LogP contribution < -0.4 is 15.4 Å². The van der Waals surface area contributed by atoms with Crippen LogP contribution in [-0.2, 0) is 0 Å². The Morgan fingerprint density at radius 2 is 1.76 bits per heavy atom. The molecule has 1 saturated heterocycles. The van der Waals surface area contributed by atoms with Gasteiger partial charge in [-0.1, -0.05) is 12.1 Å². The summed E-state index contributed by atoms with van der Waals surface area (Å²) in [5.41, 5.74) is 6.57. The molecule has 1 aromatic rings. The summed E-state index contributed by atoms with van der Waals surface area (Å²) in [6.45, 7) is 4.46. The number of para-hydroxylation sites is 2. The van der Waals surface area contributed by atoms with Crippen LogP contribution in [0.4, 0.5) is 5.69 Å².